The summed E-state index contributed by atoms with van der Waals surface area (Å²) in [7, 11) is 3.90. The van der Waals surface area contributed by atoms with Crippen molar-refractivity contribution in [2.75, 3.05) is 35.8 Å². The zero-order chi connectivity index (χ0) is 19.3. The minimum Gasteiger partial charge on any atom is -0.378 e. The van der Waals surface area contributed by atoms with Gasteiger partial charge in [0, 0.05) is 51.0 Å². The largest absolute Gasteiger partial charge is 0.378 e. The smallest absolute Gasteiger partial charge is 0.226 e. The Hall–Kier alpha value is -2.24. The maximum Gasteiger partial charge on any atom is 0.226 e. The van der Waals surface area contributed by atoms with E-state index < -0.39 is 0 Å². The van der Waals surface area contributed by atoms with Gasteiger partial charge in [0.2, 0.25) is 11.8 Å². The molecule has 7 heteroatoms. The Morgan fingerprint density at radius 3 is 2.12 bits per heavy atom. The lowest BCUT2D eigenvalue weighted by atomic mass is 10.2. The Balaban J connectivity index is 1.98. The summed E-state index contributed by atoms with van der Waals surface area (Å²) < 4.78 is 0. The molecule has 0 aliphatic rings. The predicted molar refractivity (Wildman–Crippen MR) is 109 cm³/mol. The summed E-state index contributed by atoms with van der Waals surface area (Å²) in [4.78, 5) is 27.6. The fourth-order valence-corrected chi connectivity index (χ4v) is 2.69. The molecule has 0 saturated heterocycles. The zero-order valence-corrected chi connectivity index (χ0v) is 16.4. The third kappa shape index (κ3) is 5.38. The van der Waals surface area contributed by atoms with Gasteiger partial charge in [-0.25, -0.2) is 0 Å². The average Bonchev–Trinajstić information content (AvgIpc) is 2.58. The van der Waals surface area contributed by atoms with Gasteiger partial charge in [-0.05, 0) is 42.5 Å². The second-order valence-corrected chi connectivity index (χ2v) is 6.82. The highest BCUT2D eigenvalue weighted by atomic mass is 35.5. The van der Waals surface area contributed by atoms with E-state index in [2.05, 4.69) is 5.32 Å². The van der Waals surface area contributed by atoms with Crippen LogP contribution in [0.3, 0.4) is 0 Å². The molecule has 0 unspecified atom stereocenters. The van der Waals surface area contributed by atoms with Gasteiger partial charge in [-0.1, -0.05) is 23.2 Å². The monoisotopic (exact) mass is 393 g/mol. The summed E-state index contributed by atoms with van der Waals surface area (Å²) in [6.07, 6.45) is 0.162. The SMILES string of the molecule is CC(=O)N(CCC(=O)Nc1ccc(N(C)C)cc1)c1ccc(Cl)c(Cl)c1. The van der Waals surface area contributed by atoms with Crippen LogP contribution in [0.5, 0.6) is 0 Å². The first-order valence-corrected chi connectivity index (χ1v) is 8.84. The average molecular weight is 394 g/mol. The Bertz CT molecular complexity index is 792. The number of rotatable bonds is 6. The molecule has 2 aromatic rings. The van der Waals surface area contributed by atoms with Crippen molar-refractivity contribution in [3.05, 3.63) is 52.5 Å². The maximum absolute atomic E-state index is 12.2. The molecule has 5 nitrogen and oxygen atoms in total. The third-order valence-corrected chi connectivity index (χ3v) is 4.56. The standard InChI is InChI=1S/C19H21Cl2N3O2/c1-13(25)24(16-8-9-17(20)18(21)12-16)11-10-19(26)22-14-4-6-15(7-5-14)23(2)3/h4-9,12H,10-11H2,1-3H3,(H,22,26). The van der Waals surface area contributed by atoms with Gasteiger partial charge in [-0.2, -0.15) is 0 Å². The molecule has 0 heterocycles. The molecule has 0 spiro atoms. The molecule has 0 saturated carbocycles. The van der Waals surface area contributed by atoms with Gasteiger partial charge in [-0.3, -0.25) is 9.59 Å². The number of hydrogen-bond donors (Lipinski definition) is 1. The van der Waals surface area contributed by atoms with Crippen LogP contribution in [0.25, 0.3) is 0 Å². The second kappa shape index (κ2) is 8.92. The number of carbonyl (C=O) groups is 2. The van der Waals surface area contributed by atoms with Crippen molar-refractivity contribution in [3.63, 3.8) is 0 Å². The van der Waals surface area contributed by atoms with E-state index in [1.807, 2.05) is 43.3 Å². The highest BCUT2D eigenvalue weighted by molar-refractivity contribution is 6.42. The van der Waals surface area contributed by atoms with Crippen molar-refractivity contribution in [1.29, 1.82) is 0 Å². The minimum absolute atomic E-state index is 0.162. The number of anilines is 3. The number of nitrogens with one attached hydrogen (secondary N) is 1. The van der Waals surface area contributed by atoms with Gasteiger partial charge in [0.05, 0.1) is 10.0 Å². The van der Waals surface area contributed by atoms with Gasteiger partial charge in [0.1, 0.15) is 0 Å². The Labute approximate surface area is 163 Å². The zero-order valence-electron chi connectivity index (χ0n) is 14.9. The number of halogens is 2. The molecule has 0 aromatic heterocycles. The summed E-state index contributed by atoms with van der Waals surface area (Å²) in [6, 6.07) is 12.5. The van der Waals surface area contributed by atoms with E-state index in [-0.39, 0.29) is 24.8 Å². The Morgan fingerprint density at radius 1 is 0.962 bits per heavy atom. The molecule has 2 amide bonds. The van der Waals surface area contributed by atoms with Crippen LogP contribution >= 0.6 is 23.2 Å². The van der Waals surface area contributed by atoms with Crippen molar-refractivity contribution in [2.24, 2.45) is 0 Å². The van der Waals surface area contributed by atoms with Gasteiger partial charge in [0.15, 0.2) is 0 Å². The molecule has 138 valence electrons. The summed E-state index contributed by atoms with van der Waals surface area (Å²) in [5, 5.41) is 3.61. The summed E-state index contributed by atoms with van der Waals surface area (Å²) in [6.45, 7) is 1.69. The van der Waals surface area contributed by atoms with Crippen LogP contribution in [-0.2, 0) is 9.59 Å². The van der Waals surface area contributed by atoms with Crippen molar-refractivity contribution >= 4 is 52.1 Å². The van der Waals surface area contributed by atoms with Crippen LogP contribution in [0.15, 0.2) is 42.5 Å². The molecule has 0 bridgehead atoms. The molecule has 0 fully saturated rings. The molecule has 0 radical (unpaired) electrons. The molecule has 2 aromatic carbocycles. The fraction of sp³-hybridized carbons (Fsp3) is 0.263. The number of carbonyl (C=O) groups excluding carboxylic acids is 2. The lowest BCUT2D eigenvalue weighted by Crippen LogP contribution is -2.31. The van der Waals surface area contributed by atoms with Crippen LogP contribution in [0.4, 0.5) is 17.1 Å². The van der Waals surface area contributed by atoms with E-state index in [1.165, 1.54) is 11.8 Å². The lowest BCUT2D eigenvalue weighted by Gasteiger charge is -2.21. The summed E-state index contributed by atoms with van der Waals surface area (Å²) >= 11 is 11.9. The molecule has 0 atom stereocenters. The van der Waals surface area contributed by atoms with Crippen molar-refractivity contribution in [1.82, 2.24) is 0 Å². The number of hydrogen-bond acceptors (Lipinski definition) is 3. The normalized spacial score (nSPS) is 10.3. The lowest BCUT2D eigenvalue weighted by molar-refractivity contribution is -0.117. The van der Waals surface area contributed by atoms with Crippen LogP contribution in [0, 0.1) is 0 Å². The maximum atomic E-state index is 12.2. The van der Waals surface area contributed by atoms with Crippen LogP contribution in [-0.4, -0.2) is 32.5 Å². The van der Waals surface area contributed by atoms with E-state index in [1.54, 1.807) is 18.2 Å². The third-order valence-electron chi connectivity index (χ3n) is 3.82. The first-order valence-electron chi connectivity index (χ1n) is 8.08. The summed E-state index contributed by atoms with van der Waals surface area (Å²) in [5.74, 6) is -0.347. The van der Waals surface area contributed by atoms with E-state index in [4.69, 9.17) is 23.2 Å². The van der Waals surface area contributed by atoms with E-state index in [0.717, 1.165) is 5.69 Å². The number of nitrogens with zero attached hydrogens (tertiary/aromatic N) is 2. The van der Waals surface area contributed by atoms with Crippen LogP contribution in [0.2, 0.25) is 10.0 Å². The first kappa shape index (κ1) is 20.1. The quantitative estimate of drug-likeness (QED) is 0.788. The second-order valence-electron chi connectivity index (χ2n) is 6.01. The van der Waals surface area contributed by atoms with Crippen molar-refractivity contribution in [2.45, 2.75) is 13.3 Å². The first-order chi connectivity index (χ1) is 12.3. The molecule has 26 heavy (non-hydrogen) atoms. The number of amides is 2. The van der Waals surface area contributed by atoms with Gasteiger partial charge < -0.3 is 15.1 Å². The Morgan fingerprint density at radius 2 is 1.58 bits per heavy atom. The molecule has 0 aliphatic heterocycles. The molecule has 2 rings (SSSR count). The minimum atomic E-state index is -0.175. The van der Waals surface area contributed by atoms with Gasteiger partial charge >= 0.3 is 0 Å². The van der Waals surface area contributed by atoms with Crippen LogP contribution < -0.4 is 15.1 Å². The van der Waals surface area contributed by atoms with Crippen molar-refractivity contribution in [3.8, 4) is 0 Å². The predicted octanol–water partition coefficient (Wildman–Crippen LogP) is 4.44. The molecular formula is C19H21Cl2N3O2. The topological polar surface area (TPSA) is 52.7 Å². The van der Waals surface area contributed by atoms with E-state index >= 15 is 0 Å². The van der Waals surface area contributed by atoms with E-state index in [9.17, 15) is 9.59 Å². The molecule has 0 aliphatic carbocycles. The van der Waals surface area contributed by atoms with Crippen LogP contribution in [0.1, 0.15) is 13.3 Å². The highest BCUT2D eigenvalue weighted by Crippen LogP contribution is 2.27. The summed E-state index contributed by atoms with van der Waals surface area (Å²) in [5.41, 5.74) is 2.37. The highest BCUT2D eigenvalue weighted by Gasteiger charge is 2.15. The van der Waals surface area contributed by atoms with Gasteiger partial charge in [0.25, 0.3) is 0 Å². The van der Waals surface area contributed by atoms with Gasteiger partial charge in [-0.15, -0.1) is 0 Å². The molecular weight excluding hydrogens is 373 g/mol. The Kier molecular flexibility index (Phi) is 6.89. The number of benzene rings is 2. The fourth-order valence-electron chi connectivity index (χ4n) is 2.40. The van der Waals surface area contributed by atoms with E-state index in [0.29, 0.717) is 21.4 Å². The molecule has 1 N–H and O–H groups in total. The van der Waals surface area contributed by atoms with Crippen molar-refractivity contribution < 1.29 is 9.59 Å².